The molecule has 6 N–H and O–H groups in total. The molecule has 1 aromatic heterocycles. The molecular formula is C22H24N4O2S. The highest BCUT2D eigenvalue weighted by molar-refractivity contribution is 7.18. The molecule has 6 nitrogen and oxygen atoms in total. The van der Waals surface area contributed by atoms with Crippen molar-refractivity contribution >= 4 is 44.4 Å². The quantitative estimate of drug-likeness (QED) is 0.263. The highest BCUT2D eigenvalue weighted by Gasteiger charge is 2.35. The van der Waals surface area contributed by atoms with Gasteiger partial charge in [-0.3, -0.25) is 9.59 Å². The minimum atomic E-state index is -0.125. The third-order valence-electron chi connectivity index (χ3n) is 5.15. The first-order valence-corrected chi connectivity index (χ1v) is 10.7. The average molecular weight is 409 g/mol. The second-order valence-corrected chi connectivity index (χ2v) is 7.92. The van der Waals surface area contributed by atoms with Gasteiger partial charge in [-0.15, -0.1) is 11.3 Å². The summed E-state index contributed by atoms with van der Waals surface area (Å²) in [5, 5.41) is 9.71. The van der Waals surface area contributed by atoms with Crippen molar-refractivity contribution in [1.29, 1.82) is 0 Å². The number of nitrogens with one attached hydrogen (secondary N) is 2. The van der Waals surface area contributed by atoms with Crippen molar-refractivity contribution in [1.82, 2.24) is 0 Å². The monoisotopic (exact) mass is 408 g/mol. The summed E-state index contributed by atoms with van der Waals surface area (Å²) in [6.07, 6.45) is 1.55. The second kappa shape index (κ2) is 8.32. The summed E-state index contributed by atoms with van der Waals surface area (Å²) in [7, 11) is 0. The van der Waals surface area contributed by atoms with Crippen LogP contribution in [0.3, 0.4) is 0 Å². The topological polar surface area (TPSA) is 110 Å². The van der Waals surface area contributed by atoms with Crippen molar-refractivity contribution in [2.75, 3.05) is 36.8 Å². The Labute approximate surface area is 173 Å². The van der Waals surface area contributed by atoms with Crippen LogP contribution in [0.1, 0.15) is 44.7 Å². The molecule has 0 fully saturated rings. The van der Waals surface area contributed by atoms with E-state index in [1.54, 1.807) is 35.6 Å². The molecule has 4 rings (SSSR count). The van der Waals surface area contributed by atoms with E-state index in [-0.39, 0.29) is 11.6 Å². The fraction of sp³-hybridized carbons (Fsp3) is 0.273. The molecule has 150 valence electrons. The van der Waals surface area contributed by atoms with E-state index in [1.807, 2.05) is 11.4 Å². The van der Waals surface area contributed by atoms with Crippen LogP contribution in [0.25, 0.3) is 10.1 Å². The van der Waals surface area contributed by atoms with Crippen molar-refractivity contribution in [3.63, 3.8) is 0 Å². The van der Waals surface area contributed by atoms with Gasteiger partial charge in [-0.2, -0.15) is 0 Å². The van der Waals surface area contributed by atoms with Gasteiger partial charge in [-0.1, -0.05) is 24.3 Å². The van der Waals surface area contributed by atoms with Crippen molar-refractivity contribution < 1.29 is 9.59 Å². The molecule has 1 heterocycles. The maximum absolute atomic E-state index is 13.5. The van der Waals surface area contributed by atoms with Crippen LogP contribution in [0.15, 0.2) is 35.7 Å². The Morgan fingerprint density at radius 3 is 1.93 bits per heavy atom. The first-order valence-electron chi connectivity index (χ1n) is 9.82. The fourth-order valence-corrected chi connectivity index (χ4v) is 4.71. The highest BCUT2D eigenvalue weighted by Crippen LogP contribution is 2.45. The smallest absolute Gasteiger partial charge is 0.196 e. The lowest BCUT2D eigenvalue weighted by molar-refractivity contribution is 0.0980. The van der Waals surface area contributed by atoms with Crippen molar-refractivity contribution in [2.45, 2.75) is 12.8 Å². The Morgan fingerprint density at radius 2 is 1.34 bits per heavy atom. The molecule has 0 atom stereocenters. The number of carbonyl (C=O) groups excluding carboxylic acids is 2. The van der Waals surface area contributed by atoms with Gasteiger partial charge in [-0.05, 0) is 37.4 Å². The van der Waals surface area contributed by atoms with Gasteiger partial charge >= 0.3 is 0 Å². The molecule has 0 spiro atoms. The van der Waals surface area contributed by atoms with Crippen LogP contribution in [-0.2, 0) is 0 Å². The van der Waals surface area contributed by atoms with Crippen LogP contribution in [0.5, 0.6) is 0 Å². The van der Waals surface area contributed by atoms with Gasteiger partial charge in [0, 0.05) is 29.6 Å². The zero-order valence-corrected chi connectivity index (χ0v) is 16.9. The molecular weight excluding hydrogens is 384 g/mol. The summed E-state index contributed by atoms with van der Waals surface area (Å²) in [4.78, 5) is 27.0. The lowest BCUT2D eigenvalue weighted by atomic mass is 9.81. The maximum atomic E-state index is 13.5. The van der Waals surface area contributed by atoms with Crippen LogP contribution in [0.4, 0.5) is 11.4 Å². The summed E-state index contributed by atoms with van der Waals surface area (Å²) in [6.45, 7) is 2.38. The SMILES string of the molecule is NCCCNc1c2c(c(NCCCN)c3sccc13)C(=O)c1ccccc1C2=O. The molecule has 7 heteroatoms. The fourth-order valence-electron chi connectivity index (χ4n) is 3.78. The molecule has 1 aliphatic carbocycles. The molecule has 0 bridgehead atoms. The minimum Gasteiger partial charge on any atom is -0.384 e. The van der Waals surface area contributed by atoms with Gasteiger partial charge in [0.1, 0.15) is 0 Å². The van der Waals surface area contributed by atoms with Crippen LogP contribution in [0, 0.1) is 0 Å². The Hall–Kier alpha value is -2.74. The standard InChI is InChI=1S/C22H24N4O2S/c23-8-3-10-25-18-15-7-12-29-22(15)19(26-11-4-9-24)17-16(18)20(27)13-5-1-2-6-14(13)21(17)28/h1-2,5-7,12,25-26H,3-4,8-11,23-24H2. The predicted octanol–water partition coefficient (Wildman–Crippen LogP) is 3.20. The zero-order valence-electron chi connectivity index (χ0n) is 16.1. The number of thiophene rings is 1. The zero-order chi connectivity index (χ0) is 20.4. The molecule has 2 aromatic carbocycles. The molecule has 29 heavy (non-hydrogen) atoms. The van der Waals surface area contributed by atoms with E-state index in [2.05, 4.69) is 10.6 Å². The number of nitrogens with two attached hydrogens (primary N) is 2. The van der Waals surface area contributed by atoms with E-state index >= 15 is 0 Å². The molecule has 3 aromatic rings. The third kappa shape index (κ3) is 3.31. The molecule has 0 saturated heterocycles. The lowest BCUT2D eigenvalue weighted by Crippen LogP contribution is -2.25. The molecule has 0 radical (unpaired) electrons. The summed E-state index contributed by atoms with van der Waals surface area (Å²) in [5.74, 6) is -0.247. The summed E-state index contributed by atoms with van der Waals surface area (Å²) >= 11 is 1.56. The van der Waals surface area contributed by atoms with Gasteiger partial charge in [-0.25, -0.2) is 0 Å². The number of carbonyl (C=O) groups is 2. The first kappa shape index (κ1) is 19.6. The highest BCUT2D eigenvalue weighted by atomic mass is 32.1. The number of fused-ring (bicyclic) bond motifs is 3. The van der Waals surface area contributed by atoms with Crippen LogP contribution in [-0.4, -0.2) is 37.7 Å². The molecule has 0 saturated carbocycles. The Bertz CT molecular complexity index is 1010. The number of ketones is 2. The molecule has 0 unspecified atom stereocenters. The normalized spacial score (nSPS) is 12.8. The average Bonchev–Trinajstić information content (AvgIpc) is 3.23. The van der Waals surface area contributed by atoms with Gasteiger partial charge in [0.05, 0.1) is 27.2 Å². The lowest BCUT2D eigenvalue weighted by Gasteiger charge is -2.25. The number of hydrogen-bond acceptors (Lipinski definition) is 7. The van der Waals surface area contributed by atoms with E-state index < -0.39 is 0 Å². The van der Waals surface area contributed by atoms with E-state index in [0.29, 0.717) is 48.4 Å². The van der Waals surface area contributed by atoms with Crippen molar-refractivity contribution in [2.24, 2.45) is 11.5 Å². The summed E-state index contributed by atoms with van der Waals surface area (Å²) in [6, 6.07) is 9.03. The number of rotatable bonds is 8. The second-order valence-electron chi connectivity index (χ2n) is 7.01. The number of anilines is 2. The molecule has 0 aliphatic heterocycles. The maximum Gasteiger partial charge on any atom is 0.196 e. The summed E-state index contributed by atoms with van der Waals surface area (Å²) in [5.41, 5.74) is 14.6. The Balaban J connectivity index is 1.97. The van der Waals surface area contributed by atoms with Crippen LogP contribution in [0.2, 0.25) is 0 Å². The van der Waals surface area contributed by atoms with E-state index in [0.717, 1.165) is 34.3 Å². The van der Waals surface area contributed by atoms with E-state index in [1.165, 1.54) is 0 Å². The van der Waals surface area contributed by atoms with Crippen molar-refractivity contribution in [3.8, 4) is 0 Å². The number of benzene rings is 2. The van der Waals surface area contributed by atoms with Crippen LogP contribution >= 0.6 is 11.3 Å². The van der Waals surface area contributed by atoms with Gasteiger partial charge in [0.2, 0.25) is 0 Å². The summed E-state index contributed by atoms with van der Waals surface area (Å²) < 4.78 is 0.969. The largest absolute Gasteiger partial charge is 0.384 e. The minimum absolute atomic E-state index is 0.123. The van der Waals surface area contributed by atoms with Gasteiger partial charge < -0.3 is 22.1 Å². The Morgan fingerprint density at radius 1 is 0.793 bits per heavy atom. The van der Waals surface area contributed by atoms with Gasteiger partial charge in [0.25, 0.3) is 0 Å². The molecule has 0 amide bonds. The van der Waals surface area contributed by atoms with E-state index in [4.69, 9.17) is 11.5 Å². The van der Waals surface area contributed by atoms with Gasteiger partial charge in [0.15, 0.2) is 11.6 Å². The Kier molecular flexibility index (Phi) is 5.62. The first-order chi connectivity index (χ1) is 14.2. The predicted molar refractivity (Wildman–Crippen MR) is 119 cm³/mol. The number of hydrogen-bond donors (Lipinski definition) is 4. The van der Waals surface area contributed by atoms with Crippen LogP contribution < -0.4 is 22.1 Å². The third-order valence-corrected chi connectivity index (χ3v) is 6.08. The van der Waals surface area contributed by atoms with E-state index in [9.17, 15) is 9.59 Å². The molecule has 1 aliphatic rings. The van der Waals surface area contributed by atoms with Crippen molar-refractivity contribution in [3.05, 3.63) is 58.0 Å².